The first-order valence-corrected chi connectivity index (χ1v) is 7.38. The summed E-state index contributed by atoms with van der Waals surface area (Å²) in [4.78, 5) is 0.944. The summed E-state index contributed by atoms with van der Waals surface area (Å²) in [6.07, 6.45) is 0. The Bertz CT molecular complexity index is 415. The molecule has 80 valence electrons. The molecule has 1 atom stereocenters. The van der Waals surface area contributed by atoms with Gasteiger partial charge in [0.2, 0.25) is 11.4 Å². The summed E-state index contributed by atoms with van der Waals surface area (Å²) >= 11 is 1.23. The summed E-state index contributed by atoms with van der Waals surface area (Å²) in [7, 11) is -1.77. The lowest BCUT2D eigenvalue weighted by Gasteiger charge is -1.91. The summed E-state index contributed by atoms with van der Waals surface area (Å²) in [5.41, 5.74) is 0. The van der Waals surface area contributed by atoms with Gasteiger partial charge in [-0.05, 0) is 28.8 Å². The van der Waals surface area contributed by atoms with Crippen LogP contribution in [0.1, 0.15) is 0 Å². The average molecular weight is 249 g/mol. The number of hydrogen-bond donors (Lipinski definition) is 0. The second-order valence-electron chi connectivity index (χ2n) is 3.03. The first kappa shape index (κ1) is 11.2. The van der Waals surface area contributed by atoms with Crippen LogP contribution in [-0.2, 0) is 4.57 Å². The van der Waals surface area contributed by atoms with Crippen LogP contribution in [-0.4, -0.2) is 0 Å². The Kier molecular flexibility index (Phi) is 3.97. The third-order valence-corrected chi connectivity index (χ3v) is 4.14. The van der Waals surface area contributed by atoms with E-state index in [1.165, 1.54) is 11.4 Å². The second-order valence-corrected chi connectivity index (χ2v) is 5.76. The maximum Gasteiger partial charge on any atom is 0.640 e. The fourth-order valence-corrected chi connectivity index (χ4v) is 3.19. The minimum atomic E-state index is -1.77. The van der Waals surface area contributed by atoms with E-state index in [9.17, 15) is 4.57 Å². The maximum atomic E-state index is 11.7. The van der Waals surface area contributed by atoms with Crippen molar-refractivity contribution < 1.29 is 9.09 Å². The van der Waals surface area contributed by atoms with Gasteiger partial charge in [-0.25, -0.2) is 4.52 Å². The van der Waals surface area contributed by atoms with E-state index >= 15 is 0 Å². The molecule has 0 aliphatic heterocycles. The molecular formula is C12H10O2PS+. The molecule has 0 spiro atoms. The molecule has 4 heteroatoms. The number of rotatable bonds is 4. The normalized spacial score (nSPS) is 10.9. The summed E-state index contributed by atoms with van der Waals surface area (Å²) in [5, 5.41) is 0. The molecular weight excluding hydrogens is 239 g/mol. The smallest absolute Gasteiger partial charge is 0.245 e. The Morgan fingerprint density at radius 3 is 2.06 bits per heavy atom. The van der Waals surface area contributed by atoms with Crippen molar-refractivity contribution in [2.75, 3.05) is 0 Å². The van der Waals surface area contributed by atoms with Gasteiger partial charge in [-0.1, -0.05) is 36.4 Å². The minimum absolute atomic E-state index is 0.632. The van der Waals surface area contributed by atoms with Gasteiger partial charge >= 0.3 is 7.23 Å². The predicted octanol–water partition coefficient (Wildman–Crippen LogP) is 4.52. The van der Waals surface area contributed by atoms with Gasteiger partial charge in [0.1, 0.15) is 0 Å². The van der Waals surface area contributed by atoms with Crippen LogP contribution in [0.4, 0.5) is 0 Å². The van der Waals surface area contributed by atoms with Crippen LogP contribution < -0.4 is 4.52 Å². The zero-order valence-corrected chi connectivity index (χ0v) is 10.2. The molecule has 2 aromatic rings. The largest absolute Gasteiger partial charge is 0.640 e. The predicted molar refractivity (Wildman–Crippen MR) is 67.0 cm³/mol. The lowest BCUT2D eigenvalue weighted by atomic mass is 10.3. The average Bonchev–Trinajstić information content (AvgIpc) is 2.31. The van der Waals surface area contributed by atoms with E-state index < -0.39 is 7.23 Å². The van der Waals surface area contributed by atoms with Crippen molar-refractivity contribution in [3.63, 3.8) is 0 Å². The van der Waals surface area contributed by atoms with Crippen LogP contribution in [0.3, 0.4) is 0 Å². The van der Waals surface area contributed by atoms with E-state index in [2.05, 4.69) is 0 Å². The van der Waals surface area contributed by atoms with Gasteiger partial charge in [-0.2, -0.15) is 0 Å². The van der Waals surface area contributed by atoms with E-state index in [1.54, 1.807) is 12.1 Å². The Hall–Kier alpha value is -1.31. The molecule has 0 radical (unpaired) electrons. The third-order valence-electron chi connectivity index (χ3n) is 1.85. The first-order valence-electron chi connectivity index (χ1n) is 4.78. The summed E-state index contributed by atoms with van der Waals surface area (Å²) in [6, 6.07) is 18.7. The van der Waals surface area contributed by atoms with Gasteiger partial charge < -0.3 is 0 Å². The summed E-state index contributed by atoms with van der Waals surface area (Å²) in [6.45, 7) is 0. The van der Waals surface area contributed by atoms with E-state index in [-0.39, 0.29) is 0 Å². The van der Waals surface area contributed by atoms with Crippen molar-refractivity contribution in [3.8, 4) is 5.75 Å². The van der Waals surface area contributed by atoms with Crippen molar-refractivity contribution in [3.05, 3.63) is 60.7 Å². The molecule has 0 amide bonds. The van der Waals surface area contributed by atoms with Crippen LogP contribution in [0.2, 0.25) is 0 Å². The summed E-state index contributed by atoms with van der Waals surface area (Å²) < 4.78 is 17.0. The van der Waals surface area contributed by atoms with Crippen LogP contribution >= 0.6 is 18.6 Å². The molecule has 0 saturated heterocycles. The molecule has 2 rings (SSSR count). The van der Waals surface area contributed by atoms with Gasteiger partial charge in [-0.15, -0.1) is 0 Å². The fraction of sp³-hybridized carbons (Fsp3) is 0. The second kappa shape index (κ2) is 5.69. The molecule has 0 aliphatic rings. The zero-order valence-electron chi connectivity index (χ0n) is 8.45. The van der Waals surface area contributed by atoms with Crippen LogP contribution in [0.25, 0.3) is 0 Å². The van der Waals surface area contributed by atoms with Gasteiger partial charge in [0, 0.05) is 0 Å². The lowest BCUT2D eigenvalue weighted by molar-refractivity contribution is 0.520. The first-order chi connectivity index (χ1) is 7.84. The highest BCUT2D eigenvalue weighted by molar-refractivity contribution is 8.50. The van der Waals surface area contributed by atoms with E-state index in [0.29, 0.717) is 5.75 Å². The number of benzene rings is 2. The van der Waals surface area contributed by atoms with Crippen molar-refractivity contribution in [1.29, 1.82) is 0 Å². The van der Waals surface area contributed by atoms with E-state index in [4.69, 9.17) is 4.52 Å². The van der Waals surface area contributed by atoms with Gasteiger partial charge in [0.05, 0.1) is 4.90 Å². The van der Waals surface area contributed by atoms with Gasteiger partial charge in [0.15, 0.2) is 5.75 Å². The zero-order chi connectivity index (χ0) is 11.2. The highest BCUT2D eigenvalue weighted by Crippen LogP contribution is 2.44. The Balaban J connectivity index is 1.95. The Morgan fingerprint density at radius 1 is 0.875 bits per heavy atom. The molecule has 0 aromatic heterocycles. The van der Waals surface area contributed by atoms with Gasteiger partial charge in [-0.3, -0.25) is 0 Å². The quantitative estimate of drug-likeness (QED) is 0.745. The minimum Gasteiger partial charge on any atom is -0.245 e. The molecule has 0 heterocycles. The molecule has 0 saturated carbocycles. The fourth-order valence-electron chi connectivity index (χ4n) is 1.15. The molecule has 0 N–H and O–H groups in total. The van der Waals surface area contributed by atoms with Crippen molar-refractivity contribution >= 4 is 18.6 Å². The van der Waals surface area contributed by atoms with Crippen LogP contribution in [0.5, 0.6) is 5.75 Å². The van der Waals surface area contributed by atoms with Gasteiger partial charge in [0.25, 0.3) is 0 Å². The Labute approximate surface area is 99.3 Å². The molecule has 2 aromatic carbocycles. The molecule has 0 bridgehead atoms. The topological polar surface area (TPSA) is 26.3 Å². The maximum absolute atomic E-state index is 11.7. The molecule has 0 fully saturated rings. The Morgan fingerprint density at radius 2 is 1.44 bits per heavy atom. The molecule has 1 unspecified atom stereocenters. The van der Waals surface area contributed by atoms with Crippen molar-refractivity contribution in [2.45, 2.75) is 4.90 Å². The molecule has 16 heavy (non-hydrogen) atoms. The van der Waals surface area contributed by atoms with E-state index in [1.807, 2.05) is 48.5 Å². The standard InChI is InChI=1S/C12H10O2PS/c13-15(14-11-7-3-1-4-8-11)16-12-9-5-2-6-10-12/h1-10H/q+1. The van der Waals surface area contributed by atoms with Crippen molar-refractivity contribution in [1.82, 2.24) is 0 Å². The highest BCUT2D eigenvalue weighted by atomic mass is 32.7. The van der Waals surface area contributed by atoms with E-state index in [0.717, 1.165) is 4.90 Å². The number of para-hydroxylation sites is 1. The monoisotopic (exact) mass is 249 g/mol. The molecule has 2 nitrogen and oxygen atoms in total. The van der Waals surface area contributed by atoms with Crippen molar-refractivity contribution in [2.24, 2.45) is 0 Å². The highest BCUT2D eigenvalue weighted by Gasteiger charge is 2.22. The summed E-state index contributed by atoms with van der Waals surface area (Å²) in [5.74, 6) is 0.632. The lowest BCUT2D eigenvalue weighted by Crippen LogP contribution is -1.77. The number of hydrogen-bond acceptors (Lipinski definition) is 3. The van der Waals surface area contributed by atoms with Crippen LogP contribution in [0, 0.1) is 0 Å². The third kappa shape index (κ3) is 3.37. The SMILES string of the molecule is O=[P+](Oc1ccccc1)Sc1ccccc1. The molecule has 0 aliphatic carbocycles. The van der Waals surface area contributed by atoms with Crippen LogP contribution in [0.15, 0.2) is 65.6 Å².